The summed E-state index contributed by atoms with van der Waals surface area (Å²) in [4.78, 5) is 11.8. The standard InChI is InChI=1S/C12H16BrN3O/c1-4-7-16-12(17)11(13)10(8-15-16)14-6-5-9(2)3/h1,8-9,14H,5-7H2,2-3H3. The summed E-state index contributed by atoms with van der Waals surface area (Å²) in [5.74, 6) is 3.01. The van der Waals surface area contributed by atoms with Crippen molar-refractivity contribution < 1.29 is 0 Å². The molecule has 1 heterocycles. The first kappa shape index (κ1) is 13.8. The van der Waals surface area contributed by atoms with Crippen molar-refractivity contribution in [2.45, 2.75) is 26.8 Å². The van der Waals surface area contributed by atoms with Crippen LogP contribution in [0.1, 0.15) is 20.3 Å². The third-order valence-corrected chi connectivity index (χ3v) is 3.03. The highest BCUT2D eigenvalue weighted by Crippen LogP contribution is 2.16. The van der Waals surface area contributed by atoms with Crippen LogP contribution in [0, 0.1) is 18.3 Å². The van der Waals surface area contributed by atoms with Gasteiger partial charge in [-0.1, -0.05) is 19.8 Å². The van der Waals surface area contributed by atoms with Crippen LogP contribution in [-0.4, -0.2) is 16.3 Å². The van der Waals surface area contributed by atoms with Crippen molar-refractivity contribution in [2.24, 2.45) is 5.92 Å². The Morgan fingerprint density at radius 1 is 1.65 bits per heavy atom. The van der Waals surface area contributed by atoms with Gasteiger partial charge in [0, 0.05) is 6.54 Å². The second kappa shape index (κ2) is 6.45. The fourth-order valence-electron chi connectivity index (χ4n) is 1.28. The van der Waals surface area contributed by atoms with Crippen molar-refractivity contribution in [3.8, 4) is 12.3 Å². The Kier molecular flexibility index (Phi) is 5.23. The maximum atomic E-state index is 11.8. The lowest BCUT2D eigenvalue weighted by molar-refractivity contribution is 0.606. The maximum Gasteiger partial charge on any atom is 0.284 e. The van der Waals surface area contributed by atoms with Gasteiger partial charge in [-0.2, -0.15) is 5.10 Å². The zero-order chi connectivity index (χ0) is 12.8. The van der Waals surface area contributed by atoms with Crippen molar-refractivity contribution >= 4 is 21.6 Å². The average Bonchev–Trinajstić information content (AvgIpc) is 2.28. The number of hydrogen-bond acceptors (Lipinski definition) is 3. The molecule has 0 spiro atoms. The largest absolute Gasteiger partial charge is 0.383 e. The van der Waals surface area contributed by atoms with Crippen molar-refractivity contribution in [1.29, 1.82) is 0 Å². The molecule has 0 aliphatic carbocycles. The molecule has 1 aromatic heterocycles. The molecule has 4 nitrogen and oxygen atoms in total. The summed E-state index contributed by atoms with van der Waals surface area (Å²) < 4.78 is 1.73. The number of aromatic nitrogens is 2. The normalized spacial score (nSPS) is 10.3. The van der Waals surface area contributed by atoms with E-state index in [2.05, 4.69) is 46.1 Å². The van der Waals surface area contributed by atoms with E-state index in [9.17, 15) is 4.79 Å². The SMILES string of the molecule is C#CCn1ncc(NCCC(C)C)c(Br)c1=O. The summed E-state index contributed by atoms with van der Waals surface area (Å²) in [6.45, 7) is 5.31. The average molecular weight is 298 g/mol. The summed E-state index contributed by atoms with van der Waals surface area (Å²) in [7, 11) is 0. The van der Waals surface area contributed by atoms with Crippen LogP contribution in [0.2, 0.25) is 0 Å². The van der Waals surface area contributed by atoms with Crippen LogP contribution in [0.15, 0.2) is 15.5 Å². The van der Waals surface area contributed by atoms with Crippen LogP contribution >= 0.6 is 15.9 Å². The molecule has 0 atom stereocenters. The van der Waals surface area contributed by atoms with E-state index >= 15 is 0 Å². The number of nitrogens with zero attached hydrogens (tertiary/aromatic N) is 2. The first-order chi connectivity index (χ1) is 8.06. The Morgan fingerprint density at radius 2 is 2.35 bits per heavy atom. The van der Waals surface area contributed by atoms with E-state index in [1.165, 1.54) is 4.68 Å². The first-order valence-electron chi connectivity index (χ1n) is 5.49. The molecule has 1 aromatic rings. The number of rotatable bonds is 5. The molecule has 0 aliphatic heterocycles. The van der Waals surface area contributed by atoms with Crippen LogP contribution in [0.4, 0.5) is 5.69 Å². The number of hydrogen-bond donors (Lipinski definition) is 1. The van der Waals surface area contributed by atoms with Crippen LogP contribution in [0.5, 0.6) is 0 Å². The lowest BCUT2D eigenvalue weighted by atomic mass is 10.1. The van der Waals surface area contributed by atoms with Gasteiger partial charge in [-0.3, -0.25) is 4.79 Å². The Balaban J connectivity index is 2.79. The summed E-state index contributed by atoms with van der Waals surface area (Å²) in [5.41, 5.74) is 0.501. The Morgan fingerprint density at radius 3 is 2.94 bits per heavy atom. The molecule has 0 unspecified atom stereocenters. The predicted octanol–water partition coefficient (Wildman–Crippen LogP) is 2.10. The minimum atomic E-state index is -0.211. The number of anilines is 1. The maximum absolute atomic E-state index is 11.8. The zero-order valence-corrected chi connectivity index (χ0v) is 11.6. The highest BCUT2D eigenvalue weighted by Gasteiger charge is 2.07. The summed E-state index contributed by atoms with van der Waals surface area (Å²) in [6.07, 6.45) is 7.81. The van der Waals surface area contributed by atoms with E-state index in [0.717, 1.165) is 13.0 Å². The molecule has 1 rings (SSSR count). The Bertz CT molecular complexity index is 474. The molecule has 0 aromatic carbocycles. The lowest BCUT2D eigenvalue weighted by Gasteiger charge is -2.10. The van der Waals surface area contributed by atoms with E-state index in [4.69, 9.17) is 6.42 Å². The highest BCUT2D eigenvalue weighted by molar-refractivity contribution is 9.10. The minimum absolute atomic E-state index is 0.184. The topological polar surface area (TPSA) is 46.9 Å². The molecule has 5 heteroatoms. The monoisotopic (exact) mass is 297 g/mol. The molecule has 0 saturated carbocycles. The fourth-order valence-corrected chi connectivity index (χ4v) is 1.73. The van der Waals surface area contributed by atoms with Gasteiger partial charge < -0.3 is 5.32 Å². The fraction of sp³-hybridized carbons (Fsp3) is 0.500. The molecular formula is C12H16BrN3O. The number of nitrogens with one attached hydrogen (secondary N) is 1. The molecule has 0 radical (unpaired) electrons. The third-order valence-electron chi connectivity index (χ3n) is 2.26. The van der Waals surface area contributed by atoms with Gasteiger partial charge in [-0.15, -0.1) is 6.42 Å². The van der Waals surface area contributed by atoms with Crippen molar-refractivity contribution in [1.82, 2.24) is 9.78 Å². The molecule has 17 heavy (non-hydrogen) atoms. The molecule has 92 valence electrons. The molecule has 0 fully saturated rings. The van der Waals surface area contributed by atoms with Gasteiger partial charge in [0.05, 0.1) is 11.9 Å². The smallest absolute Gasteiger partial charge is 0.284 e. The summed E-state index contributed by atoms with van der Waals surface area (Å²) in [5, 5.41) is 7.18. The van der Waals surface area contributed by atoms with Gasteiger partial charge >= 0.3 is 0 Å². The van der Waals surface area contributed by atoms with Gasteiger partial charge in [0.15, 0.2) is 0 Å². The zero-order valence-electron chi connectivity index (χ0n) is 10.0. The van der Waals surface area contributed by atoms with E-state index in [-0.39, 0.29) is 12.1 Å². The van der Waals surface area contributed by atoms with Gasteiger partial charge in [0.1, 0.15) is 11.0 Å². The quantitative estimate of drug-likeness (QED) is 0.847. The van der Waals surface area contributed by atoms with Gasteiger partial charge in [-0.25, -0.2) is 4.68 Å². The second-order valence-electron chi connectivity index (χ2n) is 4.15. The molecule has 0 aliphatic rings. The van der Waals surface area contributed by atoms with Crippen LogP contribution in [-0.2, 0) is 6.54 Å². The van der Waals surface area contributed by atoms with Crippen molar-refractivity contribution in [3.63, 3.8) is 0 Å². The lowest BCUT2D eigenvalue weighted by Crippen LogP contribution is -2.24. The van der Waals surface area contributed by atoms with E-state index in [1.807, 2.05) is 0 Å². The summed E-state index contributed by atoms with van der Waals surface area (Å²) >= 11 is 3.26. The van der Waals surface area contributed by atoms with Crippen LogP contribution in [0.25, 0.3) is 0 Å². The molecule has 1 N–H and O–H groups in total. The van der Waals surface area contributed by atoms with Crippen molar-refractivity contribution in [3.05, 3.63) is 21.0 Å². The van der Waals surface area contributed by atoms with Crippen LogP contribution < -0.4 is 10.9 Å². The second-order valence-corrected chi connectivity index (χ2v) is 4.94. The van der Waals surface area contributed by atoms with Gasteiger partial charge in [0.2, 0.25) is 0 Å². The van der Waals surface area contributed by atoms with E-state index in [1.54, 1.807) is 6.20 Å². The van der Waals surface area contributed by atoms with E-state index < -0.39 is 0 Å². The predicted molar refractivity (Wildman–Crippen MR) is 73.0 cm³/mol. The number of terminal acetylenes is 1. The molecule has 0 saturated heterocycles. The van der Waals surface area contributed by atoms with Gasteiger partial charge in [0.25, 0.3) is 5.56 Å². The molecule has 0 bridgehead atoms. The third kappa shape index (κ3) is 3.90. The molecular weight excluding hydrogens is 282 g/mol. The van der Waals surface area contributed by atoms with Gasteiger partial charge in [-0.05, 0) is 28.3 Å². The Labute approximate surface area is 110 Å². The molecule has 0 amide bonds. The van der Waals surface area contributed by atoms with Crippen LogP contribution in [0.3, 0.4) is 0 Å². The minimum Gasteiger partial charge on any atom is -0.383 e. The van der Waals surface area contributed by atoms with Crippen molar-refractivity contribution in [2.75, 3.05) is 11.9 Å². The van der Waals surface area contributed by atoms with E-state index in [0.29, 0.717) is 16.1 Å². The summed E-state index contributed by atoms with van der Waals surface area (Å²) in [6, 6.07) is 0. The Hall–Kier alpha value is -1.28. The number of halogens is 1. The highest BCUT2D eigenvalue weighted by atomic mass is 79.9. The first-order valence-corrected chi connectivity index (χ1v) is 6.28.